The van der Waals surface area contributed by atoms with Crippen LogP contribution in [0.1, 0.15) is 18.5 Å². The molecular formula is C10H11N3OS. The van der Waals surface area contributed by atoms with Crippen molar-refractivity contribution in [1.29, 1.82) is 5.26 Å². The van der Waals surface area contributed by atoms with Crippen molar-refractivity contribution in [2.45, 2.75) is 19.4 Å². The zero-order valence-corrected chi connectivity index (χ0v) is 9.25. The second kappa shape index (κ2) is 3.63. The minimum atomic E-state index is -0.717. The average molecular weight is 221 g/mol. The predicted molar refractivity (Wildman–Crippen MR) is 55.9 cm³/mol. The lowest BCUT2D eigenvalue weighted by Crippen LogP contribution is -2.33. The first-order valence-electron chi connectivity index (χ1n) is 4.72. The summed E-state index contributed by atoms with van der Waals surface area (Å²) in [5, 5.41) is 10.8. The highest BCUT2D eigenvalue weighted by Crippen LogP contribution is 2.46. The summed E-state index contributed by atoms with van der Waals surface area (Å²) in [5.41, 5.74) is 1.90. The molecule has 0 aliphatic heterocycles. The highest BCUT2D eigenvalue weighted by molar-refractivity contribution is 7.07. The number of hydrogen-bond acceptors (Lipinski definition) is 4. The second-order valence-electron chi connectivity index (χ2n) is 3.83. The number of nitrogens with zero attached hydrogens (tertiary/aromatic N) is 3. The highest BCUT2D eigenvalue weighted by atomic mass is 32.1. The van der Waals surface area contributed by atoms with Crippen LogP contribution in [0.25, 0.3) is 0 Å². The molecule has 1 fully saturated rings. The molecule has 0 unspecified atom stereocenters. The van der Waals surface area contributed by atoms with Crippen LogP contribution in [0.3, 0.4) is 0 Å². The van der Waals surface area contributed by atoms with Gasteiger partial charge in [-0.2, -0.15) is 5.26 Å². The Labute approximate surface area is 92.2 Å². The Morgan fingerprint density at radius 2 is 2.53 bits per heavy atom. The van der Waals surface area contributed by atoms with Gasteiger partial charge in [0, 0.05) is 12.4 Å². The maximum atomic E-state index is 11.9. The summed E-state index contributed by atoms with van der Waals surface area (Å²) < 4.78 is 0. The molecule has 0 aromatic carbocycles. The third-order valence-electron chi connectivity index (χ3n) is 2.60. The molecule has 1 saturated carbocycles. The molecule has 4 nitrogen and oxygen atoms in total. The van der Waals surface area contributed by atoms with Crippen LogP contribution < -0.4 is 0 Å². The van der Waals surface area contributed by atoms with E-state index in [1.807, 2.05) is 5.38 Å². The molecule has 0 atom stereocenters. The fraction of sp³-hybridized carbons (Fsp3) is 0.500. The summed E-state index contributed by atoms with van der Waals surface area (Å²) in [7, 11) is 1.72. The van der Waals surface area contributed by atoms with Crippen LogP contribution in [-0.4, -0.2) is 22.8 Å². The van der Waals surface area contributed by atoms with E-state index in [2.05, 4.69) is 11.1 Å². The number of carbonyl (C=O) groups excluding carboxylic acids is 1. The van der Waals surface area contributed by atoms with Crippen molar-refractivity contribution in [2.75, 3.05) is 7.05 Å². The largest absolute Gasteiger partial charge is 0.338 e. The molecule has 0 saturated heterocycles. The SMILES string of the molecule is CN(Cc1cscn1)C(=O)C1(C#N)CC1. The first kappa shape index (κ1) is 10.1. The van der Waals surface area contributed by atoms with Crippen molar-refractivity contribution >= 4 is 17.2 Å². The normalized spacial score (nSPS) is 16.8. The Morgan fingerprint density at radius 1 is 1.80 bits per heavy atom. The molecule has 2 rings (SSSR count). The van der Waals surface area contributed by atoms with Gasteiger partial charge in [-0.3, -0.25) is 4.79 Å². The molecule has 1 aliphatic carbocycles. The van der Waals surface area contributed by atoms with E-state index in [0.29, 0.717) is 19.4 Å². The Balaban J connectivity index is 2.00. The van der Waals surface area contributed by atoms with Crippen LogP contribution in [0, 0.1) is 16.7 Å². The van der Waals surface area contributed by atoms with Crippen molar-refractivity contribution in [3.05, 3.63) is 16.6 Å². The molecule has 1 aliphatic rings. The summed E-state index contributed by atoms with van der Waals surface area (Å²) in [6.45, 7) is 0.492. The molecule has 5 heteroatoms. The summed E-state index contributed by atoms with van der Waals surface area (Å²) >= 11 is 1.51. The maximum Gasteiger partial charge on any atom is 0.243 e. The van der Waals surface area contributed by atoms with Gasteiger partial charge in [-0.1, -0.05) is 0 Å². The molecule has 0 spiro atoms. The Hall–Kier alpha value is -1.41. The van der Waals surface area contributed by atoms with Gasteiger partial charge in [0.2, 0.25) is 5.91 Å². The fourth-order valence-corrected chi connectivity index (χ4v) is 2.04. The number of amides is 1. The van der Waals surface area contributed by atoms with E-state index in [-0.39, 0.29) is 5.91 Å². The van der Waals surface area contributed by atoms with Gasteiger partial charge in [0.15, 0.2) is 0 Å². The topological polar surface area (TPSA) is 57.0 Å². The third-order valence-corrected chi connectivity index (χ3v) is 3.24. The van der Waals surface area contributed by atoms with E-state index in [0.717, 1.165) is 5.69 Å². The van der Waals surface area contributed by atoms with Gasteiger partial charge in [-0.15, -0.1) is 11.3 Å². The number of nitriles is 1. The number of hydrogen-bond donors (Lipinski definition) is 0. The first-order chi connectivity index (χ1) is 7.18. The molecule has 0 N–H and O–H groups in total. The van der Waals surface area contributed by atoms with Crippen LogP contribution >= 0.6 is 11.3 Å². The van der Waals surface area contributed by atoms with Crippen LogP contribution in [0.15, 0.2) is 10.9 Å². The van der Waals surface area contributed by atoms with Gasteiger partial charge in [0.1, 0.15) is 5.41 Å². The highest BCUT2D eigenvalue weighted by Gasteiger charge is 2.51. The molecule has 1 amide bonds. The fourth-order valence-electron chi connectivity index (χ4n) is 1.49. The van der Waals surface area contributed by atoms with Crippen molar-refractivity contribution in [1.82, 2.24) is 9.88 Å². The van der Waals surface area contributed by atoms with Gasteiger partial charge in [0.05, 0.1) is 23.8 Å². The maximum absolute atomic E-state index is 11.9. The molecule has 0 bridgehead atoms. The molecule has 15 heavy (non-hydrogen) atoms. The molecule has 78 valence electrons. The number of thiazole rings is 1. The van der Waals surface area contributed by atoms with E-state index < -0.39 is 5.41 Å². The van der Waals surface area contributed by atoms with Crippen LogP contribution in [0.5, 0.6) is 0 Å². The van der Waals surface area contributed by atoms with Crippen molar-refractivity contribution in [2.24, 2.45) is 5.41 Å². The second-order valence-corrected chi connectivity index (χ2v) is 4.55. The van der Waals surface area contributed by atoms with E-state index >= 15 is 0 Å². The Kier molecular flexibility index (Phi) is 2.45. The number of carbonyl (C=O) groups is 1. The van der Waals surface area contributed by atoms with E-state index in [9.17, 15) is 4.79 Å². The van der Waals surface area contributed by atoms with E-state index in [4.69, 9.17) is 5.26 Å². The molecule has 0 radical (unpaired) electrons. The lowest BCUT2D eigenvalue weighted by molar-refractivity contribution is -0.134. The smallest absolute Gasteiger partial charge is 0.243 e. The molecule has 1 heterocycles. The zero-order chi connectivity index (χ0) is 10.9. The van der Waals surface area contributed by atoms with Crippen LogP contribution in [-0.2, 0) is 11.3 Å². The van der Waals surface area contributed by atoms with Gasteiger partial charge in [-0.25, -0.2) is 4.98 Å². The van der Waals surface area contributed by atoms with Crippen molar-refractivity contribution < 1.29 is 4.79 Å². The van der Waals surface area contributed by atoms with Crippen molar-refractivity contribution in [3.8, 4) is 6.07 Å². The molecule has 1 aromatic heterocycles. The lowest BCUT2D eigenvalue weighted by atomic mass is 10.1. The average Bonchev–Trinajstić information content (AvgIpc) is 2.89. The standard InChI is InChI=1S/C10H11N3OS/c1-13(4-8-5-15-7-12-8)9(14)10(6-11)2-3-10/h5,7H,2-4H2,1H3. The predicted octanol–water partition coefficient (Wildman–Crippen LogP) is 1.41. The molecular weight excluding hydrogens is 210 g/mol. The van der Waals surface area contributed by atoms with E-state index in [1.54, 1.807) is 17.5 Å². The first-order valence-corrected chi connectivity index (χ1v) is 5.66. The summed E-state index contributed by atoms with van der Waals surface area (Å²) in [6.07, 6.45) is 1.40. The summed E-state index contributed by atoms with van der Waals surface area (Å²) in [6, 6.07) is 2.10. The zero-order valence-electron chi connectivity index (χ0n) is 8.43. The summed E-state index contributed by atoms with van der Waals surface area (Å²) in [5.74, 6) is -0.0713. The van der Waals surface area contributed by atoms with Gasteiger partial charge >= 0.3 is 0 Å². The lowest BCUT2D eigenvalue weighted by Gasteiger charge is -2.18. The minimum absolute atomic E-state index is 0.0713. The number of aromatic nitrogens is 1. The minimum Gasteiger partial charge on any atom is -0.338 e. The Bertz CT molecular complexity index is 403. The molecule has 1 aromatic rings. The number of rotatable bonds is 3. The van der Waals surface area contributed by atoms with E-state index in [1.165, 1.54) is 11.3 Å². The summed E-state index contributed by atoms with van der Waals surface area (Å²) in [4.78, 5) is 17.6. The van der Waals surface area contributed by atoms with Crippen LogP contribution in [0.4, 0.5) is 0 Å². The van der Waals surface area contributed by atoms with Gasteiger partial charge in [0.25, 0.3) is 0 Å². The third kappa shape index (κ3) is 1.85. The quantitative estimate of drug-likeness (QED) is 0.775. The van der Waals surface area contributed by atoms with Crippen LogP contribution in [0.2, 0.25) is 0 Å². The van der Waals surface area contributed by atoms with Gasteiger partial charge in [-0.05, 0) is 12.8 Å². The van der Waals surface area contributed by atoms with Gasteiger partial charge < -0.3 is 4.90 Å². The monoisotopic (exact) mass is 221 g/mol. The Morgan fingerprint density at radius 3 is 3.00 bits per heavy atom. The van der Waals surface area contributed by atoms with Crippen molar-refractivity contribution in [3.63, 3.8) is 0 Å².